The van der Waals surface area contributed by atoms with Gasteiger partial charge < -0.3 is 14.2 Å². The van der Waals surface area contributed by atoms with Crippen molar-refractivity contribution in [1.82, 2.24) is 0 Å². The third-order valence-electron chi connectivity index (χ3n) is 6.55. The van der Waals surface area contributed by atoms with Gasteiger partial charge in [0.15, 0.2) is 24.0 Å². The van der Waals surface area contributed by atoms with Crippen LogP contribution in [0.1, 0.15) is 53.4 Å². The fourth-order valence-electron chi connectivity index (χ4n) is 5.26. The van der Waals surface area contributed by atoms with Crippen LogP contribution in [0.5, 0.6) is 0 Å². The fourth-order valence-corrected chi connectivity index (χ4v) is 5.26. The third-order valence-corrected chi connectivity index (χ3v) is 6.55. The Hall–Kier alpha value is -0.530. The number of ether oxygens (including phenoxy) is 3. The highest BCUT2D eigenvalue weighted by molar-refractivity contribution is 5.76. The zero-order chi connectivity index (χ0) is 17.1. The lowest BCUT2D eigenvalue weighted by Gasteiger charge is -2.60. The van der Waals surface area contributed by atoms with Crippen LogP contribution in [0.15, 0.2) is 0 Å². The number of carbonyl (C=O) groups is 1. The molecule has 0 aromatic rings. The normalized spacial score (nSPS) is 53.3. The Morgan fingerprint density at radius 1 is 1.17 bits per heavy atom. The molecule has 0 aromatic heterocycles. The first-order chi connectivity index (χ1) is 11.4. The summed E-state index contributed by atoms with van der Waals surface area (Å²) in [5.74, 6) is 0.463. The van der Waals surface area contributed by atoms with Crippen molar-refractivity contribution in [2.24, 2.45) is 23.7 Å². The molecule has 0 radical (unpaired) electrons. The van der Waals surface area contributed by atoms with Crippen LogP contribution in [0.4, 0.5) is 0 Å². The van der Waals surface area contributed by atoms with Gasteiger partial charge in [0.05, 0.1) is 0 Å². The zero-order valence-corrected chi connectivity index (χ0v) is 14.9. The molecule has 5 rings (SSSR count). The number of hydrogen-bond acceptors (Lipinski definition) is 6. The topological polar surface area (TPSA) is 63.2 Å². The first kappa shape index (κ1) is 16.9. The Labute approximate surface area is 143 Å². The summed E-state index contributed by atoms with van der Waals surface area (Å²) in [5, 5.41) is 0. The molecular formula is C18H28O6. The molecule has 1 saturated carbocycles. The highest BCUT2D eigenvalue weighted by Gasteiger charge is 2.69. The zero-order valence-electron chi connectivity index (χ0n) is 14.9. The van der Waals surface area contributed by atoms with E-state index in [0.29, 0.717) is 11.8 Å². The highest BCUT2D eigenvalue weighted by Crippen LogP contribution is 2.60. The summed E-state index contributed by atoms with van der Waals surface area (Å²) < 4.78 is 18.2. The Morgan fingerprint density at radius 2 is 1.96 bits per heavy atom. The Balaban J connectivity index is 1.68. The SMILES string of the molecule is CC(=O)COC1OC2O[C@@]3(C)CCC4C(C)CCC(C1C)[C@@]24OO3. The van der Waals surface area contributed by atoms with E-state index < -0.39 is 24.0 Å². The van der Waals surface area contributed by atoms with Gasteiger partial charge in [-0.1, -0.05) is 13.8 Å². The summed E-state index contributed by atoms with van der Waals surface area (Å²) in [6.07, 6.45) is 3.04. The molecule has 136 valence electrons. The van der Waals surface area contributed by atoms with Crippen molar-refractivity contribution < 1.29 is 28.8 Å². The molecular weight excluding hydrogens is 312 g/mol. The van der Waals surface area contributed by atoms with Crippen LogP contribution in [0, 0.1) is 23.7 Å². The Morgan fingerprint density at radius 3 is 2.71 bits per heavy atom. The quantitative estimate of drug-likeness (QED) is 0.736. The highest BCUT2D eigenvalue weighted by atomic mass is 17.3. The second-order valence-electron chi connectivity index (χ2n) is 8.29. The number of carbonyl (C=O) groups excluding carboxylic acids is 1. The first-order valence-corrected chi connectivity index (χ1v) is 9.17. The maximum atomic E-state index is 11.3. The van der Waals surface area contributed by atoms with Gasteiger partial charge in [0.25, 0.3) is 0 Å². The van der Waals surface area contributed by atoms with Crippen molar-refractivity contribution in [2.45, 2.75) is 77.3 Å². The molecule has 5 aliphatic rings. The summed E-state index contributed by atoms with van der Waals surface area (Å²) >= 11 is 0. The maximum absolute atomic E-state index is 11.3. The van der Waals surface area contributed by atoms with Crippen molar-refractivity contribution in [2.75, 3.05) is 6.61 Å². The maximum Gasteiger partial charge on any atom is 0.201 e. The Bertz CT molecular complexity index is 524. The minimum atomic E-state index is -0.775. The van der Waals surface area contributed by atoms with Gasteiger partial charge in [-0.05, 0) is 44.9 Å². The van der Waals surface area contributed by atoms with Crippen LogP contribution in [-0.2, 0) is 28.8 Å². The van der Waals surface area contributed by atoms with Crippen molar-refractivity contribution in [3.63, 3.8) is 0 Å². The fraction of sp³-hybridized carbons (Fsp3) is 0.944. The van der Waals surface area contributed by atoms with Gasteiger partial charge in [-0.3, -0.25) is 4.79 Å². The molecule has 4 saturated heterocycles. The van der Waals surface area contributed by atoms with Crippen molar-refractivity contribution in [1.29, 1.82) is 0 Å². The van der Waals surface area contributed by atoms with E-state index in [2.05, 4.69) is 13.8 Å². The molecule has 4 heterocycles. The van der Waals surface area contributed by atoms with Gasteiger partial charge in [0, 0.05) is 18.3 Å². The van der Waals surface area contributed by atoms with Crippen LogP contribution >= 0.6 is 0 Å². The molecule has 6 unspecified atom stereocenters. The number of ketones is 1. The second kappa shape index (κ2) is 5.74. The standard InChI is InChI=1S/C18H28O6/c1-10-5-6-14-12(3)15(20-9-11(2)19)21-16-18(14)13(10)7-8-17(4,22-16)23-24-18/h10,12-16H,5-9H2,1-4H3/t10?,12?,13?,14?,15?,16?,17-,18-/m1/s1. The number of rotatable bonds is 3. The van der Waals surface area contributed by atoms with Crippen molar-refractivity contribution >= 4 is 5.78 Å². The number of hydrogen-bond donors (Lipinski definition) is 0. The van der Waals surface area contributed by atoms with Gasteiger partial charge in [-0.2, -0.15) is 0 Å². The van der Waals surface area contributed by atoms with E-state index in [-0.39, 0.29) is 24.2 Å². The van der Waals surface area contributed by atoms with Crippen molar-refractivity contribution in [3.8, 4) is 0 Å². The molecule has 8 atom stereocenters. The average molecular weight is 340 g/mol. The van der Waals surface area contributed by atoms with Gasteiger partial charge in [0.1, 0.15) is 6.61 Å². The molecule has 1 spiro atoms. The molecule has 6 nitrogen and oxygen atoms in total. The van der Waals surface area contributed by atoms with E-state index in [1.54, 1.807) is 0 Å². The van der Waals surface area contributed by atoms with Gasteiger partial charge >= 0.3 is 0 Å². The predicted octanol–water partition coefficient (Wildman–Crippen LogP) is 2.80. The summed E-state index contributed by atoms with van der Waals surface area (Å²) in [6.45, 7) is 7.91. The lowest BCUT2D eigenvalue weighted by Crippen LogP contribution is -2.70. The second-order valence-corrected chi connectivity index (χ2v) is 8.29. The summed E-state index contributed by atoms with van der Waals surface area (Å²) in [7, 11) is 0. The third kappa shape index (κ3) is 2.38. The number of Topliss-reactive ketones (excluding diaryl/α,β-unsaturated/α-hetero) is 1. The van der Waals surface area contributed by atoms with E-state index in [1.807, 2.05) is 6.92 Å². The Kier molecular flexibility index (Phi) is 4.05. The molecule has 24 heavy (non-hydrogen) atoms. The van der Waals surface area contributed by atoms with E-state index in [1.165, 1.54) is 6.92 Å². The monoisotopic (exact) mass is 340 g/mol. The lowest BCUT2D eigenvalue weighted by molar-refractivity contribution is -0.577. The van der Waals surface area contributed by atoms with Crippen LogP contribution in [0.2, 0.25) is 0 Å². The largest absolute Gasteiger partial charge is 0.344 e. The smallest absolute Gasteiger partial charge is 0.201 e. The van der Waals surface area contributed by atoms with Crippen LogP contribution in [0.3, 0.4) is 0 Å². The molecule has 0 N–H and O–H groups in total. The van der Waals surface area contributed by atoms with Gasteiger partial charge in [-0.15, -0.1) is 0 Å². The molecule has 0 amide bonds. The average Bonchev–Trinajstić information content (AvgIpc) is 2.76. The van der Waals surface area contributed by atoms with E-state index >= 15 is 0 Å². The molecule has 5 fully saturated rings. The minimum absolute atomic E-state index is 0.00363. The summed E-state index contributed by atoms with van der Waals surface area (Å²) in [4.78, 5) is 23.1. The van der Waals surface area contributed by atoms with Crippen LogP contribution < -0.4 is 0 Å². The molecule has 6 heteroatoms. The molecule has 2 bridgehead atoms. The minimum Gasteiger partial charge on any atom is -0.344 e. The summed E-state index contributed by atoms with van der Waals surface area (Å²) in [6, 6.07) is 0. The molecule has 1 aliphatic carbocycles. The summed E-state index contributed by atoms with van der Waals surface area (Å²) in [5.41, 5.74) is -0.566. The van der Waals surface area contributed by atoms with Crippen LogP contribution in [0.25, 0.3) is 0 Å². The molecule has 0 aromatic carbocycles. The van der Waals surface area contributed by atoms with E-state index in [0.717, 1.165) is 25.7 Å². The number of fused-ring (bicyclic) bond motifs is 2. The first-order valence-electron chi connectivity index (χ1n) is 9.17. The van der Waals surface area contributed by atoms with Crippen LogP contribution in [-0.4, -0.2) is 36.4 Å². The van der Waals surface area contributed by atoms with E-state index in [9.17, 15) is 4.79 Å². The lowest BCUT2D eigenvalue weighted by atomic mass is 9.58. The van der Waals surface area contributed by atoms with Gasteiger partial charge in [0.2, 0.25) is 5.79 Å². The molecule has 4 aliphatic heterocycles. The van der Waals surface area contributed by atoms with Crippen molar-refractivity contribution in [3.05, 3.63) is 0 Å². The van der Waals surface area contributed by atoms with E-state index in [4.69, 9.17) is 24.0 Å². The predicted molar refractivity (Wildman–Crippen MR) is 83.5 cm³/mol. The van der Waals surface area contributed by atoms with Gasteiger partial charge in [-0.25, -0.2) is 9.78 Å².